The summed E-state index contributed by atoms with van der Waals surface area (Å²) < 4.78 is 4.79. The number of rotatable bonds is 3. The van der Waals surface area contributed by atoms with E-state index in [1.54, 1.807) is 6.07 Å². The first kappa shape index (κ1) is 6.80. The second kappa shape index (κ2) is 3.00. The first-order chi connectivity index (χ1) is 4.83. The van der Waals surface area contributed by atoms with Gasteiger partial charge < -0.3 is 9.84 Å². The van der Waals surface area contributed by atoms with Crippen LogP contribution in [0.15, 0.2) is 10.6 Å². The third-order valence-electron chi connectivity index (χ3n) is 1.04. The van der Waals surface area contributed by atoms with Crippen LogP contribution in [0, 0.1) is 6.92 Å². The highest BCUT2D eigenvalue weighted by Crippen LogP contribution is 1.99. The monoisotopic (exact) mass is 140 g/mol. The Balaban J connectivity index is 2.49. The van der Waals surface area contributed by atoms with Crippen molar-refractivity contribution in [3.05, 3.63) is 17.5 Å². The van der Waals surface area contributed by atoms with Crippen molar-refractivity contribution in [2.45, 2.75) is 13.5 Å². The normalized spacial score (nSPS) is 9.30. The second-order valence-corrected chi connectivity index (χ2v) is 1.93. The van der Waals surface area contributed by atoms with E-state index in [-0.39, 0.29) is 0 Å². The van der Waals surface area contributed by atoms with Crippen molar-refractivity contribution in [3.63, 3.8) is 0 Å². The molecule has 1 N–H and O–H groups in total. The van der Waals surface area contributed by atoms with Crippen LogP contribution in [0.1, 0.15) is 11.5 Å². The average Bonchev–Trinajstić information content (AvgIpc) is 2.31. The van der Waals surface area contributed by atoms with Crippen molar-refractivity contribution in [1.29, 1.82) is 0 Å². The highest BCUT2D eigenvalue weighted by Gasteiger charge is 1.96. The van der Waals surface area contributed by atoms with Crippen LogP contribution in [-0.4, -0.2) is 11.6 Å². The Bertz CT molecular complexity index is 219. The first-order valence-corrected chi connectivity index (χ1v) is 2.92. The molecule has 0 aliphatic heterocycles. The number of nitrogens with zero attached hydrogens (tertiary/aromatic N) is 1. The summed E-state index contributed by atoms with van der Waals surface area (Å²) in [6.45, 7) is 2.23. The van der Waals surface area contributed by atoms with Crippen LogP contribution in [-0.2, 0) is 11.3 Å². The van der Waals surface area contributed by atoms with Crippen molar-refractivity contribution < 1.29 is 9.32 Å². The number of hydrogen-bond acceptors (Lipinski definition) is 3. The summed E-state index contributed by atoms with van der Waals surface area (Å²) in [4.78, 5) is 9.81. The zero-order valence-corrected chi connectivity index (χ0v) is 5.63. The van der Waals surface area contributed by atoms with Gasteiger partial charge in [0.15, 0.2) is 5.76 Å². The molecule has 4 heteroatoms. The molecule has 54 valence electrons. The molecule has 0 saturated carbocycles. The Labute approximate surface area is 58.2 Å². The maximum Gasteiger partial charge on any atom is 0.207 e. The van der Waals surface area contributed by atoms with Gasteiger partial charge >= 0.3 is 0 Å². The number of aromatic nitrogens is 1. The van der Waals surface area contributed by atoms with E-state index in [4.69, 9.17) is 4.52 Å². The van der Waals surface area contributed by atoms with Gasteiger partial charge in [0.2, 0.25) is 6.41 Å². The molecule has 0 bridgehead atoms. The summed E-state index contributed by atoms with van der Waals surface area (Å²) in [6.07, 6.45) is 0.623. The van der Waals surface area contributed by atoms with Crippen LogP contribution in [0.25, 0.3) is 0 Å². The maximum atomic E-state index is 9.81. The summed E-state index contributed by atoms with van der Waals surface area (Å²) in [5.41, 5.74) is 0.822. The Morgan fingerprint density at radius 3 is 3.20 bits per heavy atom. The number of nitrogens with one attached hydrogen (secondary N) is 1. The molecule has 0 fully saturated rings. The molecule has 1 aromatic heterocycles. The molecule has 10 heavy (non-hydrogen) atoms. The molecule has 0 spiro atoms. The van der Waals surface area contributed by atoms with Crippen molar-refractivity contribution in [2.75, 3.05) is 0 Å². The molecule has 0 saturated heterocycles. The van der Waals surface area contributed by atoms with Crippen LogP contribution in [0.2, 0.25) is 0 Å². The quantitative estimate of drug-likeness (QED) is 0.611. The zero-order chi connectivity index (χ0) is 7.40. The topological polar surface area (TPSA) is 55.1 Å². The van der Waals surface area contributed by atoms with Crippen molar-refractivity contribution >= 4 is 6.41 Å². The summed E-state index contributed by atoms with van der Waals surface area (Å²) >= 11 is 0. The van der Waals surface area contributed by atoms with Gasteiger partial charge in [-0.05, 0) is 6.92 Å². The van der Waals surface area contributed by atoms with E-state index in [9.17, 15) is 4.79 Å². The molecule has 4 nitrogen and oxygen atoms in total. The van der Waals surface area contributed by atoms with Gasteiger partial charge in [-0.1, -0.05) is 5.16 Å². The van der Waals surface area contributed by atoms with E-state index in [2.05, 4.69) is 10.5 Å². The highest BCUT2D eigenvalue weighted by molar-refractivity contribution is 5.45. The SMILES string of the molecule is Cc1cc(CNC=O)on1. The standard InChI is InChI=1S/C6H8N2O2/c1-5-2-6(10-8-5)3-7-4-9/h2,4H,3H2,1H3,(H,7,9). The largest absolute Gasteiger partial charge is 0.359 e. The lowest BCUT2D eigenvalue weighted by Crippen LogP contribution is -2.08. The van der Waals surface area contributed by atoms with Crippen molar-refractivity contribution in [1.82, 2.24) is 10.5 Å². The molecular weight excluding hydrogens is 132 g/mol. The lowest BCUT2D eigenvalue weighted by Gasteiger charge is -1.88. The lowest BCUT2D eigenvalue weighted by molar-refractivity contribution is -0.109. The van der Waals surface area contributed by atoms with E-state index >= 15 is 0 Å². The van der Waals surface area contributed by atoms with Gasteiger partial charge in [-0.2, -0.15) is 0 Å². The number of hydrogen-bond donors (Lipinski definition) is 1. The third-order valence-corrected chi connectivity index (χ3v) is 1.04. The van der Waals surface area contributed by atoms with E-state index in [0.717, 1.165) is 5.69 Å². The minimum atomic E-state index is 0.407. The molecule has 0 atom stereocenters. The van der Waals surface area contributed by atoms with Gasteiger partial charge in [0.25, 0.3) is 0 Å². The first-order valence-electron chi connectivity index (χ1n) is 2.92. The summed E-state index contributed by atoms with van der Waals surface area (Å²) in [5, 5.41) is 6.10. The zero-order valence-electron chi connectivity index (χ0n) is 5.63. The van der Waals surface area contributed by atoms with Gasteiger partial charge in [0, 0.05) is 6.07 Å². The number of carbonyl (C=O) groups is 1. The van der Waals surface area contributed by atoms with Crippen LogP contribution < -0.4 is 5.32 Å². The van der Waals surface area contributed by atoms with Gasteiger partial charge in [-0.25, -0.2) is 0 Å². The molecule has 0 aliphatic carbocycles. The molecule has 0 aliphatic rings. The van der Waals surface area contributed by atoms with Crippen LogP contribution in [0.3, 0.4) is 0 Å². The average molecular weight is 140 g/mol. The van der Waals surface area contributed by atoms with E-state index < -0.39 is 0 Å². The van der Waals surface area contributed by atoms with E-state index in [1.807, 2.05) is 6.92 Å². The molecule has 1 rings (SSSR count). The lowest BCUT2D eigenvalue weighted by atomic mass is 10.4. The predicted molar refractivity (Wildman–Crippen MR) is 34.1 cm³/mol. The molecular formula is C6H8N2O2. The number of carbonyl (C=O) groups excluding carboxylic acids is 1. The third kappa shape index (κ3) is 1.58. The predicted octanol–water partition coefficient (Wildman–Crippen LogP) is 0.229. The second-order valence-electron chi connectivity index (χ2n) is 1.93. The highest BCUT2D eigenvalue weighted by atomic mass is 16.5. The van der Waals surface area contributed by atoms with Gasteiger partial charge in [-0.3, -0.25) is 4.79 Å². The van der Waals surface area contributed by atoms with E-state index in [0.29, 0.717) is 18.7 Å². The minimum absolute atomic E-state index is 0.407. The fourth-order valence-electron chi connectivity index (χ4n) is 0.642. The molecule has 1 heterocycles. The van der Waals surface area contributed by atoms with Gasteiger partial charge in [-0.15, -0.1) is 0 Å². The molecule has 0 aromatic carbocycles. The van der Waals surface area contributed by atoms with E-state index in [1.165, 1.54) is 0 Å². The fourth-order valence-corrected chi connectivity index (χ4v) is 0.642. The maximum absolute atomic E-state index is 9.81. The summed E-state index contributed by atoms with van der Waals surface area (Å²) in [6, 6.07) is 1.77. The Morgan fingerprint density at radius 1 is 1.90 bits per heavy atom. The van der Waals surface area contributed by atoms with Crippen LogP contribution in [0.5, 0.6) is 0 Å². The minimum Gasteiger partial charge on any atom is -0.359 e. The molecule has 1 aromatic rings. The smallest absolute Gasteiger partial charge is 0.207 e. The molecule has 1 amide bonds. The van der Waals surface area contributed by atoms with Crippen LogP contribution >= 0.6 is 0 Å². The Kier molecular flexibility index (Phi) is 2.04. The summed E-state index contributed by atoms with van der Waals surface area (Å²) in [5.74, 6) is 0.671. The van der Waals surface area contributed by atoms with Gasteiger partial charge in [0.1, 0.15) is 0 Å². The summed E-state index contributed by atoms with van der Waals surface area (Å²) in [7, 11) is 0. The number of aryl methyl sites for hydroxylation is 1. The Morgan fingerprint density at radius 2 is 2.70 bits per heavy atom. The van der Waals surface area contributed by atoms with Gasteiger partial charge in [0.05, 0.1) is 12.2 Å². The van der Waals surface area contributed by atoms with Crippen molar-refractivity contribution in [2.24, 2.45) is 0 Å². The molecule has 0 radical (unpaired) electrons. The fraction of sp³-hybridized carbons (Fsp3) is 0.333. The van der Waals surface area contributed by atoms with Crippen molar-refractivity contribution in [3.8, 4) is 0 Å². The van der Waals surface area contributed by atoms with Crippen LogP contribution in [0.4, 0.5) is 0 Å². The number of amides is 1. The molecule has 0 unspecified atom stereocenters. The Hall–Kier alpha value is -1.32.